The summed E-state index contributed by atoms with van der Waals surface area (Å²) in [6.07, 6.45) is 2.58. The number of amides is 1. The molecule has 23 heavy (non-hydrogen) atoms. The molecule has 0 saturated carbocycles. The first kappa shape index (κ1) is 16.3. The molecule has 3 rings (SSSR count). The largest absolute Gasteiger partial charge is 0.372 e. The molecule has 2 aliphatic heterocycles. The molecule has 4 nitrogen and oxygen atoms in total. The maximum Gasteiger partial charge on any atom is 0.249 e. The summed E-state index contributed by atoms with van der Waals surface area (Å²) in [7, 11) is 0. The number of fused-ring (bicyclic) bond motifs is 1. The molecular formula is C19H29N3O. The monoisotopic (exact) mass is 315 g/mol. The standard InChI is InChI=1S/C19H29N3O/c1-13(2)18-19(23)22(10-9-21-7-5-6-8-21)17-12-15(4)14(3)11-16(17)20-18/h11-13,18,20H,5-10H2,1-4H3. The quantitative estimate of drug-likeness (QED) is 0.927. The Kier molecular flexibility index (Phi) is 4.62. The lowest BCUT2D eigenvalue weighted by molar-refractivity contribution is -0.120. The predicted molar refractivity (Wildman–Crippen MR) is 96.2 cm³/mol. The summed E-state index contributed by atoms with van der Waals surface area (Å²) in [4.78, 5) is 17.5. The molecule has 0 radical (unpaired) electrons. The number of benzene rings is 1. The van der Waals surface area contributed by atoms with Crippen molar-refractivity contribution in [1.29, 1.82) is 0 Å². The second kappa shape index (κ2) is 6.52. The molecule has 2 heterocycles. The molecule has 4 heteroatoms. The number of nitrogens with one attached hydrogen (secondary N) is 1. The van der Waals surface area contributed by atoms with Crippen LogP contribution in [-0.2, 0) is 4.79 Å². The Balaban J connectivity index is 1.88. The Morgan fingerprint density at radius 1 is 1.13 bits per heavy atom. The van der Waals surface area contributed by atoms with Crippen LogP contribution in [0.4, 0.5) is 11.4 Å². The third kappa shape index (κ3) is 3.23. The normalized spacial score (nSPS) is 21.7. The lowest BCUT2D eigenvalue weighted by Crippen LogP contribution is -2.51. The van der Waals surface area contributed by atoms with Gasteiger partial charge >= 0.3 is 0 Å². The van der Waals surface area contributed by atoms with Crippen molar-refractivity contribution in [2.75, 3.05) is 36.4 Å². The van der Waals surface area contributed by atoms with Gasteiger partial charge in [0, 0.05) is 13.1 Å². The molecule has 1 aromatic rings. The number of carbonyl (C=O) groups excluding carboxylic acids is 1. The zero-order chi connectivity index (χ0) is 16.6. The van der Waals surface area contributed by atoms with Gasteiger partial charge in [-0.15, -0.1) is 0 Å². The smallest absolute Gasteiger partial charge is 0.249 e. The van der Waals surface area contributed by atoms with Crippen molar-refractivity contribution in [2.45, 2.75) is 46.6 Å². The molecule has 2 aliphatic rings. The summed E-state index contributed by atoms with van der Waals surface area (Å²) in [5.74, 6) is 0.501. The topological polar surface area (TPSA) is 35.6 Å². The molecule has 0 aromatic heterocycles. The van der Waals surface area contributed by atoms with Gasteiger partial charge in [-0.25, -0.2) is 0 Å². The third-order valence-electron chi connectivity index (χ3n) is 5.25. The van der Waals surface area contributed by atoms with Crippen LogP contribution >= 0.6 is 0 Å². The average Bonchev–Trinajstić information content (AvgIpc) is 3.01. The molecule has 1 unspecified atom stereocenters. The van der Waals surface area contributed by atoms with Crippen molar-refractivity contribution in [3.05, 3.63) is 23.3 Å². The molecule has 1 amide bonds. The van der Waals surface area contributed by atoms with E-state index in [1.165, 1.54) is 37.1 Å². The van der Waals surface area contributed by atoms with E-state index < -0.39 is 0 Å². The molecule has 0 aliphatic carbocycles. The number of hydrogen-bond donors (Lipinski definition) is 1. The number of carbonyl (C=O) groups is 1. The molecule has 1 aromatic carbocycles. The van der Waals surface area contributed by atoms with Gasteiger partial charge in [0.2, 0.25) is 5.91 Å². The lowest BCUT2D eigenvalue weighted by atomic mass is 9.97. The van der Waals surface area contributed by atoms with E-state index in [1.54, 1.807) is 0 Å². The van der Waals surface area contributed by atoms with Gasteiger partial charge < -0.3 is 15.1 Å². The van der Waals surface area contributed by atoms with Crippen molar-refractivity contribution in [2.24, 2.45) is 5.92 Å². The van der Waals surface area contributed by atoms with E-state index in [0.717, 1.165) is 24.5 Å². The zero-order valence-electron chi connectivity index (χ0n) is 14.9. The highest BCUT2D eigenvalue weighted by atomic mass is 16.2. The molecule has 126 valence electrons. The minimum atomic E-state index is -0.122. The van der Waals surface area contributed by atoms with Crippen LogP contribution in [0.3, 0.4) is 0 Å². The molecular weight excluding hydrogens is 286 g/mol. The van der Waals surface area contributed by atoms with Crippen molar-refractivity contribution in [3.8, 4) is 0 Å². The van der Waals surface area contributed by atoms with E-state index in [4.69, 9.17) is 0 Å². The van der Waals surface area contributed by atoms with E-state index in [2.05, 4.69) is 50.0 Å². The van der Waals surface area contributed by atoms with Crippen LogP contribution in [-0.4, -0.2) is 43.0 Å². The molecule has 0 bridgehead atoms. The summed E-state index contributed by atoms with van der Waals surface area (Å²) in [6.45, 7) is 12.6. The van der Waals surface area contributed by atoms with Crippen LogP contribution < -0.4 is 10.2 Å². The molecule has 1 fully saturated rings. The maximum absolute atomic E-state index is 13.0. The Labute approximate surface area is 139 Å². The highest BCUT2D eigenvalue weighted by molar-refractivity contribution is 6.05. The van der Waals surface area contributed by atoms with Gasteiger partial charge in [0.05, 0.1) is 11.4 Å². The average molecular weight is 315 g/mol. The minimum absolute atomic E-state index is 0.122. The first-order chi connectivity index (χ1) is 11.0. The molecule has 1 atom stereocenters. The molecule has 1 saturated heterocycles. The lowest BCUT2D eigenvalue weighted by Gasteiger charge is -2.38. The van der Waals surface area contributed by atoms with Gasteiger partial charge in [0.1, 0.15) is 6.04 Å². The number of anilines is 2. The van der Waals surface area contributed by atoms with Crippen molar-refractivity contribution in [3.63, 3.8) is 0 Å². The van der Waals surface area contributed by atoms with Gasteiger partial charge in [0.15, 0.2) is 0 Å². The van der Waals surface area contributed by atoms with Crippen molar-refractivity contribution >= 4 is 17.3 Å². The summed E-state index contributed by atoms with van der Waals surface area (Å²) >= 11 is 0. The van der Waals surface area contributed by atoms with Crippen LogP contribution in [0.5, 0.6) is 0 Å². The summed E-state index contributed by atoms with van der Waals surface area (Å²) in [5.41, 5.74) is 4.67. The minimum Gasteiger partial charge on any atom is -0.372 e. The van der Waals surface area contributed by atoms with E-state index in [9.17, 15) is 4.79 Å². The number of likely N-dealkylation sites (tertiary alicyclic amines) is 1. The van der Waals surface area contributed by atoms with Crippen LogP contribution in [0.15, 0.2) is 12.1 Å². The highest BCUT2D eigenvalue weighted by Crippen LogP contribution is 2.35. The number of aryl methyl sites for hydroxylation is 2. The SMILES string of the molecule is Cc1cc2c(cc1C)N(CCN1CCCC1)C(=O)C(C(C)C)N2. The van der Waals surface area contributed by atoms with Crippen molar-refractivity contribution in [1.82, 2.24) is 4.90 Å². The fourth-order valence-corrected chi connectivity index (χ4v) is 3.59. The van der Waals surface area contributed by atoms with Gasteiger partial charge in [0.25, 0.3) is 0 Å². The second-order valence-electron chi connectivity index (χ2n) is 7.36. The second-order valence-corrected chi connectivity index (χ2v) is 7.36. The highest BCUT2D eigenvalue weighted by Gasteiger charge is 2.34. The Bertz CT molecular complexity index is 591. The van der Waals surface area contributed by atoms with E-state index in [-0.39, 0.29) is 17.9 Å². The van der Waals surface area contributed by atoms with E-state index >= 15 is 0 Å². The van der Waals surface area contributed by atoms with Gasteiger partial charge in [-0.1, -0.05) is 13.8 Å². The number of rotatable bonds is 4. The number of hydrogen-bond acceptors (Lipinski definition) is 3. The van der Waals surface area contributed by atoms with Crippen molar-refractivity contribution < 1.29 is 4.79 Å². The first-order valence-corrected chi connectivity index (χ1v) is 8.89. The summed E-state index contributed by atoms with van der Waals surface area (Å²) < 4.78 is 0. The Morgan fingerprint density at radius 3 is 2.43 bits per heavy atom. The van der Waals surface area contributed by atoms with Crippen LogP contribution in [0.2, 0.25) is 0 Å². The van der Waals surface area contributed by atoms with Crippen LogP contribution in [0.25, 0.3) is 0 Å². The fraction of sp³-hybridized carbons (Fsp3) is 0.632. The Morgan fingerprint density at radius 2 is 1.78 bits per heavy atom. The predicted octanol–water partition coefficient (Wildman–Crippen LogP) is 3.18. The first-order valence-electron chi connectivity index (χ1n) is 8.89. The summed E-state index contributed by atoms with van der Waals surface area (Å²) in [5, 5.41) is 3.47. The fourth-order valence-electron chi connectivity index (χ4n) is 3.59. The van der Waals surface area contributed by atoms with E-state index in [0.29, 0.717) is 0 Å². The molecule has 0 spiro atoms. The maximum atomic E-state index is 13.0. The van der Waals surface area contributed by atoms with Crippen LogP contribution in [0, 0.1) is 19.8 Å². The molecule has 1 N–H and O–H groups in total. The summed E-state index contributed by atoms with van der Waals surface area (Å²) in [6, 6.07) is 4.23. The van der Waals surface area contributed by atoms with Crippen LogP contribution in [0.1, 0.15) is 37.8 Å². The third-order valence-corrected chi connectivity index (χ3v) is 5.25. The van der Waals surface area contributed by atoms with E-state index in [1.807, 2.05) is 4.90 Å². The Hall–Kier alpha value is -1.55. The van der Waals surface area contributed by atoms with Gasteiger partial charge in [-0.2, -0.15) is 0 Å². The van der Waals surface area contributed by atoms with Gasteiger partial charge in [-0.05, 0) is 69.0 Å². The zero-order valence-corrected chi connectivity index (χ0v) is 14.9. The van der Waals surface area contributed by atoms with Gasteiger partial charge in [-0.3, -0.25) is 4.79 Å². The number of nitrogens with zero attached hydrogens (tertiary/aromatic N) is 2.